The molecule has 0 fully saturated rings. The van der Waals surface area contributed by atoms with Gasteiger partial charge in [-0.05, 0) is 46.0 Å². The molecule has 112 valence electrons. The maximum atomic E-state index is 11.1. The summed E-state index contributed by atoms with van der Waals surface area (Å²) in [5.74, 6) is -0.777. The third-order valence-electron chi connectivity index (χ3n) is 3.60. The molecule has 0 spiro atoms. The zero-order chi connectivity index (χ0) is 15.3. The number of nitrogens with zero attached hydrogens (tertiary/aromatic N) is 2. The van der Waals surface area contributed by atoms with E-state index in [-0.39, 0.29) is 12.6 Å². The Bertz CT molecular complexity index is 458. The third-order valence-corrected chi connectivity index (χ3v) is 3.60. The minimum Gasteiger partial charge on any atom is -0.480 e. The molecule has 0 aliphatic rings. The van der Waals surface area contributed by atoms with Crippen LogP contribution in [0.15, 0.2) is 18.2 Å². The standard InChI is InChI=1S/C16H26N2O2/c1-12-6-7-15(13(2)10-12)14(3)18(11-16(19)20)9-8-17(4)5/h6-7,10,14H,8-9,11H2,1-5H3,(H,19,20). The number of likely N-dealkylation sites (N-methyl/N-ethyl adjacent to an activating group) is 1. The summed E-state index contributed by atoms with van der Waals surface area (Å²) in [4.78, 5) is 15.2. The van der Waals surface area contributed by atoms with Crippen LogP contribution < -0.4 is 0 Å². The normalized spacial score (nSPS) is 12.9. The van der Waals surface area contributed by atoms with Crippen LogP contribution in [0.25, 0.3) is 0 Å². The fourth-order valence-electron chi connectivity index (χ4n) is 2.40. The molecule has 20 heavy (non-hydrogen) atoms. The molecule has 0 saturated carbocycles. The van der Waals surface area contributed by atoms with Gasteiger partial charge in [0.05, 0.1) is 6.54 Å². The van der Waals surface area contributed by atoms with Crippen molar-refractivity contribution in [3.05, 3.63) is 34.9 Å². The van der Waals surface area contributed by atoms with Crippen LogP contribution in [0.3, 0.4) is 0 Å². The van der Waals surface area contributed by atoms with Crippen molar-refractivity contribution < 1.29 is 9.90 Å². The zero-order valence-corrected chi connectivity index (χ0v) is 13.2. The van der Waals surface area contributed by atoms with Gasteiger partial charge in [0.2, 0.25) is 0 Å². The molecule has 0 heterocycles. The number of carboxylic acid groups (broad SMARTS) is 1. The maximum Gasteiger partial charge on any atom is 0.317 e. The number of rotatable bonds is 7. The Morgan fingerprint density at radius 1 is 1.25 bits per heavy atom. The largest absolute Gasteiger partial charge is 0.480 e. The fourth-order valence-corrected chi connectivity index (χ4v) is 2.40. The Hall–Kier alpha value is -1.39. The van der Waals surface area contributed by atoms with Gasteiger partial charge in [-0.3, -0.25) is 9.69 Å². The Labute approximate surface area is 122 Å². The van der Waals surface area contributed by atoms with Gasteiger partial charge in [0, 0.05) is 19.1 Å². The molecule has 1 atom stereocenters. The Morgan fingerprint density at radius 3 is 2.40 bits per heavy atom. The number of aryl methyl sites for hydroxylation is 2. The minimum atomic E-state index is -0.777. The topological polar surface area (TPSA) is 43.8 Å². The summed E-state index contributed by atoms with van der Waals surface area (Å²) in [5, 5.41) is 9.10. The van der Waals surface area contributed by atoms with Crippen LogP contribution in [0.5, 0.6) is 0 Å². The molecule has 1 unspecified atom stereocenters. The summed E-state index contributed by atoms with van der Waals surface area (Å²) >= 11 is 0. The Kier molecular flexibility index (Phi) is 6.17. The summed E-state index contributed by atoms with van der Waals surface area (Å²) in [5.41, 5.74) is 3.66. The van der Waals surface area contributed by atoms with Crippen molar-refractivity contribution in [1.82, 2.24) is 9.80 Å². The van der Waals surface area contributed by atoms with Gasteiger partial charge in [0.1, 0.15) is 0 Å². The van der Waals surface area contributed by atoms with E-state index >= 15 is 0 Å². The first kappa shape index (κ1) is 16.7. The fraction of sp³-hybridized carbons (Fsp3) is 0.562. The Morgan fingerprint density at radius 2 is 1.90 bits per heavy atom. The quantitative estimate of drug-likeness (QED) is 0.831. The Balaban J connectivity index is 2.90. The highest BCUT2D eigenvalue weighted by molar-refractivity contribution is 5.69. The molecule has 0 saturated heterocycles. The zero-order valence-electron chi connectivity index (χ0n) is 13.2. The minimum absolute atomic E-state index is 0.0717. The second-order valence-corrected chi connectivity index (χ2v) is 5.70. The highest BCUT2D eigenvalue weighted by Crippen LogP contribution is 2.24. The van der Waals surface area contributed by atoms with Crippen molar-refractivity contribution in [3.63, 3.8) is 0 Å². The lowest BCUT2D eigenvalue weighted by Crippen LogP contribution is -2.37. The average Bonchev–Trinajstić information content (AvgIpc) is 2.33. The first-order valence-corrected chi connectivity index (χ1v) is 6.99. The lowest BCUT2D eigenvalue weighted by molar-refractivity contribution is -0.138. The first-order valence-electron chi connectivity index (χ1n) is 6.99. The molecule has 0 aromatic heterocycles. The lowest BCUT2D eigenvalue weighted by atomic mass is 9.99. The molecule has 1 aromatic rings. The van der Waals surface area contributed by atoms with Crippen LogP contribution in [0.2, 0.25) is 0 Å². The van der Waals surface area contributed by atoms with Crippen molar-refractivity contribution in [2.75, 3.05) is 33.7 Å². The van der Waals surface area contributed by atoms with E-state index < -0.39 is 5.97 Å². The predicted molar refractivity (Wildman–Crippen MR) is 82.1 cm³/mol. The highest BCUT2D eigenvalue weighted by Gasteiger charge is 2.19. The van der Waals surface area contributed by atoms with E-state index in [2.05, 4.69) is 43.9 Å². The number of aliphatic carboxylic acids is 1. The van der Waals surface area contributed by atoms with Crippen LogP contribution in [0.1, 0.15) is 29.7 Å². The van der Waals surface area contributed by atoms with Gasteiger partial charge < -0.3 is 10.0 Å². The van der Waals surface area contributed by atoms with Crippen LogP contribution in [0, 0.1) is 13.8 Å². The summed E-state index contributed by atoms with van der Waals surface area (Å²) in [6.07, 6.45) is 0. The smallest absolute Gasteiger partial charge is 0.317 e. The predicted octanol–water partition coefficient (Wildman–Crippen LogP) is 2.31. The second-order valence-electron chi connectivity index (χ2n) is 5.70. The van der Waals surface area contributed by atoms with Crippen molar-refractivity contribution in [3.8, 4) is 0 Å². The van der Waals surface area contributed by atoms with Gasteiger partial charge in [-0.2, -0.15) is 0 Å². The van der Waals surface area contributed by atoms with Gasteiger partial charge in [-0.15, -0.1) is 0 Å². The van der Waals surface area contributed by atoms with Gasteiger partial charge >= 0.3 is 5.97 Å². The van der Waals surface area contributed by atoms with Crippen molar-refractivity contribution in [2.45, 2.75) is 26.8 Å². The average molecular weight is 278 g/mol. The molecule has 0 radical (unpaired) electrons. The monoisotopic (exact) mass is 278 g/mol. The molecule has 0 bridgehead atoms. The molecular weight excluding hydrogens is 252 g/mol. The van der Waals surface area contributed by atoms with E-state index in [0.29, 0.717) is 0 Å². The van der Waals surface area contributed by atoms with Crippen LogP contribution in [-0.4, -0.2) is 54.6 Å². The van der Waals surface area contributed by atoms with Gasteiger partial charge in [-0.1, -0.05) is 23.8 Å². The second kappa shape index (κ2) is 7.41. The molecule has 1 N–H and O–H groups in total. The SMILES string of the molecule is Cc1ccc(C(C)N(CCN(C)C)CC(=O)O)c(C)c1. The number of carbonyl (C=O) groups is 1. The van der Waals surface area contributed by atoms with Crippen molar-refractivity contribution in [2.24, 2.45) is 0 Å². The first-order chi connectivity index (χ1) is 9.31. The summed E-state index contributed by atoms with van der Waals surface area (Å²) in [7, 11) is 4.00. The van der Waals surface area contributed by atoms with Crippen molar-refractivity contribution in [1.29, 1.82) is 0 Å². The molecule has 1 aromatic carbocycles. The highest BCUT2D eigenvalue weighted by atomic mass is 16.4. The van der Waals surface area contributed by atoms with Gasteiger partial charge in [0.15, 0.2) is 0 Å². The van der Waals surface area contributed by atoms with E-state index in [1.807, 2.05) is 19.0 Å². The molecular formula is C16H26N2O2. The number of benzene rings is 1. The maximum absolute atomic E-state index is 11.1. The molecule has 0 aliphatic heterocycles. The summed E-state index contributed by atoms with van der Waals surface area (Å²) in [6, 6.07) is 6.45. The molecule has 1 rings (SSSR count). The van der Waals surface area contributed by atoms with E-state index in [9.17, 15) is 4.79 Å². The molecule has 0 amide bonds. The van der Waals surface area contributed by atoms with Gasteiger partial charge in [-0.25, -0.2) is 0 Å². The van der Waals surface area contributed by atoms with Crippen LogP contribution in [0.4, 0.5) is 0 Å². The van der Waals surface area contributed by atoms with E-state index in [0.717, 1.165) is 13.1 Å². The molecule has 4 heteroatoms. The number of hydrogen-bond acceptors (Lipinski definition) is 3. The third kappa shape index (κ3) is 4.94. The van der Waals surface area contributed by atoms with E-state index in [1.54, 1.807) is 0 Å². The summed E-state index contributed by atoms with van der Waals surface area (Å²) < 4.78 is 0. The number of carboxylic acids is 1. The van der Waals surface area contributed by atoms with E-state index in [4.69, 9.17) is 5.11 Å². The van der Waals surface area contributed by atoms with Crippen molar-refractivity contribution >= 4 is 5.97 Å². The van der Waals surface area contributed by atoms with Crippen LogP contribution >= 0.6 is 0 Å². The summed E-state index contributed by atoms with van der Waals surface area (Å²) in [6.45, 7) is 7.90. The van der Waals surface area contributed by atoms with E-state index in [1.165, 1.54) is 16.7 Å². The molecule has 0 aliphatic carbocycles. The lowest BCUT2D eigenvalue weighted by Gasteiger charge is -2.30. The van der Waals surface area contributed by atoms with Crippen LogP contribution in [-0.2, 0) is 4.79 Å². The number of hydrogen-bond donors (Lipinski definition) is 1. The van der Waals surface area contributed by atoms with Gasteiger partial charge in [0.25, 0.3) is 0 Å². The molecule has 4 nitrogen and oxygen atoms in total.